The van der Waals surface area contributed by atoms with E-state index < -0.39 is 0 Å². The van der Waals surface area contributed by atoms with Crippen LogP contribution in [0.15, 0.2) is 30.3 Å². The number of ether oxygens (including phenoxy) is 1. The lowest BCUT2D eigenvalue weighted by Gasteiger charge is -2.08. The predicted molar refractivity (Wildman–Crippen MR) is 70.1 cm³/mol. The Bertz CT molecular complexity index is 378. The van der Waals surface area contributed by atoms with Gasteiger partial charge in [0.15, 0.2) is 0 Å². The van der Waals surface area contributed by atoms with Crippen molar-refractivity contribution in [1.82, 2.24) is 0 Å². The molecule has 1 aliphatic carbocycles. The van der Waals surface area contributed by atoms with E-state index in [4.69, 9.17) is 4.74 Å². The van der Waals surface area contributed by atoms with E-state index in [9.17, 15) is 5.11 Å². The first kappa shape index (κ1) is 12.2. The van der Waals surface area contributed by atoms with Crippen molar-refractivity contribution >= 4 is 5.57 Å². The highest BCUT2D eigenvalue weighted by Crippen LogP contribution is 2.27. The zero-order chi connectivity index (χ0) is 12.1. The third-order valence-electron chi connectivity index (χ3n) is 3.13. The number of rotatable bonds is 3. The zero-order valence-corrected chi connectivity index (χ0v) is 10.4. The van der Waals surface area contributed by atoms with E-state index in [1.807, 2.05) is 25.1 Å². The zero-order valence-electron chi connectivity index (χ0n) is 10.4. The molecule has 2 nitrogen and oxygen atoms in total. The number of aliphatic hydroxyl groups is 1. The summed E-state index contributed by atoms with van der Waals surface area (Å²) in [5.41, 5.74) is 2.47. The van der Waals surface area contributed by atoms with Crippen LogP contribution in [0.2, 0.25) is 0 Å². The molecule has 1 unspecified atom stereocenters. The molecule has 0 bridgehead atoms. The largest absolute Gasteiger partial charge is 0.494 e. The average molecular weight is 232 g/mol. The molecule has 2 heteroatoms. The molecular weight excluding hydrogens is 212 g/mol. The van der Waals surface area contributed by atoms with Gasteiger partial charge in [0.05, 0.1) is 12.7 Å². The van der Waals surface area contributed by atoms with Crippen molar-refractivity contribution in [2.24, 2.45) is 0 Å². The van der Waals surface area contributed by atoms with Crippen molar-refractivity contribution in [2.45, 2.75) is 38.7 Å². The van der Waals surface area contributed by atoms with Gasteiger partial charge in [0, 0.05) is 0 Å². The van der Waals surface area contributed by atoms with Crippen LogP contribution in [0, 0.1) is 0 Å². The Labute approximate surface area is 103 Å². The van der Waals surface area contributed by atoms with Crippen LogP contribution in [0.5, 0.6) is 5.75 Å². The van der Waals surface area contributed by atoms with Gasteiger partial charge >= 0.3 is 0 Å². The van der Waals surface area contributed by atoms with Crippen LogP contribution in [0.4, 0.5) is 0 Å². The smallest absolute Gasteiger partial charge is 0.119 e. The van der Waals surface area contributed by atoms with Gasteiger partial charge in [-0.15, -0.1) is 0 Å². The van der Waals surface area contributed by atoms with E-state index in [1.165, 1.54) is 11.1 Å². The maximum atomic E-state index is 9.76. The van der Waals surface area contributed by atoms with Crippen LogP contribution in [-0.4, -0.2) is 17.8 Å². The fourth-order valence-electron chi connectivity index (χ4n) is 2.24. The lowest BCUT2D eigenvalue weighted by molar-refractivity contribution is 0.211. The first-order chi connectivity index (χ1) is 8.29. The van der Waals surface area contributed by atoms with Crippen LogP contribution in [0.3, 0.4) is 0 Å². The lowest BCUT2D eigenvalue weighted by atomic mass is 10.0. The van der Waals surface area contributed by atoms with E-state index in [-0.39, 0.29) is 6.10 Å². The highest BCUT2D eigenvalue weighted by Gasteiger charge is 2.10. The van der Waals surface area contributed by atoms with Gasteiger partial charge in [-0.3, -0.25) is 0 Å². The van der Waals surface area contributed by atoms with E-state index in [0.717, 1.165) is 31.4 Å². The SMILES string of the molecule is CCOc1ccc(C2=CC(O)CCCC2)cc1. The summed E-state index contributed by atoms with van der Waals surface area (Å²) < 4.78 is 5.43. The number of allylic oxidation sites excluding steroid dienone is 1. The van der Waals surface area contributed by atoms with Gasteiger partial charge in [0.2, 0.25) is 0 Å². The third-order valence-corrected chi connectivity index (χ3v) is 3.13. The van der Waals surface area contributed by atoms with Gasteiger partial charge in [-0.1, -0.05) is 24.6 Å². The Morgan fingerprint density at radius 2 is 2.00 bits per heavy atom. The van der Waals surface area contributed by atoms with Crippen molar-refractivity contribution in [1.29, 1.82) is 0 Å². The van der Waals surface area contributed by atoms with Gasteiger partial charge in [-0.25, -0.2) is 0 Å². The summed E-state index contributed by atoms with van der Waals surface area (Å²) >= 11 is 0. The normalized spacial score (nSPS) is 20.6. The third kappa shape index (κ3) is 3.34. The average Bonchev–Trinajstić information content (AvgIpc) is 2.55. The van der Waals surface area contributed by atoms with Crippen molar-refractivity contribution in [3.63, 3.8) is 0 Å². The molecule has 0 radical (unpaired) electrons. The minimum atomic E-state index is -0.279. The number of aliphatic hydroxyl groups excluding tert-OH is 1. The number of benzene rings is 1. The van der Waals surface area contributed by atoms with Gasteiger partial charge in [-0.2, -0.15) is 0 Å². The quantitative estimate of drug-likeness (QED) is 0.865. The monoisotopic (exact) mass is 232 g/mol. The van der Waals surface area contributed by atoms with Crippen molar-refractivity contribution in [3.05, 3.63) is 35.9 Å². The van der Waals surface area contributed by atoms with Crippen LogP contribution >= 0.6 is 0 Å². The number of hydrogen-bond acceptors (Lipinski definition) is 2. The Morgan fingerprint density at radius 3 is 2.71 bits per heavy atom. The second-order valence-corrected chi connectivity index (χ2v) is 4.46. The molecule has 0 fully saturated rings. The number of hydrogen-bond donors (Lipinski definition) is 1. The molecule has 92 valence electrons. The van der Waals surface area contributed by atoms with Crippen molar-refractivity contribution < 1.29 is 9.84 Å². The maximum Gasteiger partial charge on any atom is 0.119 e. The van der Waals surface area contributed by atoms with E-state index in [2.05, 4.69) is 12.1 Å². The lowest BCUT2D eigenvalue weighted by Crippen LogP contribution is -2.00. The molecule has 0 aromatic heterocycles. The first-order valence-electron chi connectivity index (χ1n) is 6.41. The molecule has 17 heavy (non-hydrogen) atoms. The maximum absolute atomic E-state index is 9.76. The van der Waals surface area contributed by atoms with Crippen molar-refractivity contribution in [2.75, 3.05) is 6.61 Å². The molecule has 0 aliphatic heterocycles. The highest BCUT2D eigenvalue weighted by molar-refractivity contribution is 5.66. The van der Waals surface area contributed by atoms with Gasteiger partial charge in [0.1, 0.15) is 5.75 Å². The second-order valence-electron chi connectivity index (χ2n) is 4.46. The van der Waals surface area contributed by atoms with Gasteiger partial charge < -0.3 is 9.84 Å². The molecule has 0 saturated heterocycles. The van der Waals surface area contributed by atoms with E-state index in [1.54, 1.807) is 0 Å². The Balaban J connectivity index is 2.15. The highest BCUT2D eigenvalue weighted by atomic mass is 16.5. The van der Waals surface area contributed by atoms with E-state index >= 15 is 0 Å². The summed E-state index contributed by atoms with van der Waals surface area (Å²) in [5.74, 6) is 0.908. The standard InChI is InChI=1S/C15H20O2/c1-2-17-15-9-7-12(8-10-15)13-5-3-4-6-14(16)11-13/h7-11,14,16H,2-6H2,1H3. The summed E-state index contributed by atoms with van der Waals surface area (Å²) in [7, 11) is 0. The summed E-state index contributed by atoms with van der Waals surface area (Å²) in [4.78, 5) is 0. The predicted octanol–water partition coefficient (Wildman–Crippen LogP) is 3.40. The van der Waals surface area contributed by atoms with Crippen LogP contribution in [0.25, 0.3) is 5.57 Å². The van der Waals surface area contributed by atoms with Crippen LogP contribution < -0.4 is 4.74 Å². The molecule has 1 aliphatic rings. The molecule has 0 heterocycles. The molecule has 0 amide bonds. The summed E-state index contributed by atoms with van der Waals surface area (Å²) in [6.07, 6.45) is 5.95. The Morgan fingerprint density at radius 1 is 1.24 bits per heavy atom. The Hall–Kier alpha value is -1.28. The van der Waals surface area contributed by atoms with Crippen LogP contribution in [-0.2, 0) is 0 Å². The molecule has 2 rings (SSSR count). The van der Waals surface area contributed by atoms with Gasteiger partial charge in [0.25, 0.3) is 0 Å². The molecule has 0 saturated carbocycles. The van der Waals surface area contributed by atoms with Crippen molar-refractivity contribution in [3.8, 4) is 5.75 Å². The fraction of sp³-hybridized carbons (Fsp3) is 0.467. The Kier molecular flexibility index (Phi) is 4.21. The minimum Gasteiger partial charge on any atom is -0.494 e. The minimum absolute atomic E-state index is 0.279. The molecule has 1 atom stereocenters. The van der Waals surface area contributed by atoms with Crippen LogP contribution in [0.1, 0.15) is 38.2 Å². The summed E-state index contributed by atoms with van der Waals surface area (Å²) in [5, 5.41) is 9.76. The second kappa shape index (κ2) is 5.87. The summed E-state index contributed by atoms with van der Waals surface area (Å²) in [6, 6.07) is 8.15. The van der Waals surface area contributed by atoms with E-state index in [0.29, 0.717) is 6.61 Å². The fourth-order valence-corrected chi connectivity index (χ4v) is 2.24. The molecule has 0 spiro atoms. The first-order valence-corrected chi connectivity index (χ1v) is 6.41. The molecule has 1 aromatic carbocycles. The summed E-state index contributed by atoms with van der Waals surface area (Å²) in [6.45, 7) is 2.68. The molecule has 1 N–H and O–H groups in total. The topological polar surface area (TPSA) is 29.5 Å². The van der Waals surface area contributed by atoms with Gasteiger partial charge in [-0.05, 0) is 49.5 Å². The molecular formula is C15H20O2. The molecule has 1 aromatic rings.